The summed E-state index contributed by atoms with van der Waals surface area (Å²) in [5.74, 6) is -0.915. The first-order valence-electron chi connectivity index (χ1n) is 7.85. The zero-order chi connectivity index (χ0) is 18.7. The fourth-order valence-corrected chi connectivity index (χ4v) is 2.99. The molecular weight excluding hydrogens is 336 g/mol. The molecule has 2 N–H and O–H groups in total. The molecule has 3 nitrogen and oxygen atoms in total. The molecule has 0 spiro atoms. The van der Waals surface area contributed by atoms with Crippen molar-refractivity contribution in [3.63, 3.8) is 0 Å². The number of nitrogens with zero attached hydrogens (tertiary/aromatic N) is 1. The molecular formula is C21H15F2NO2. The normalized spacial score (nSPS) is 11.2. The van der Waals surface area contributed by atoms with Gasteiger partial charge in [0.1, 0.15) is 17.2 Å². The van der Waals surface area contributed by atoms with Crippen LogP contribution in [0.2, 0.25) is 0 Å². The molecule has 0 saturated heterocycles. The van der Waals surface area contributed by atoms with Gasteiger partial charge in [-0.25, -0.2) is 13.6 Å². The van der Waals surface area contributed by atoms with Gasteiger partial charge in [-0.2, -0.15) is 0 Å². The molecule has 0 amide bonds. The molecule has 0 radical (unpaired) electrons. The van der Waals surface area contributed by atoms with Crippen LogP contribution in [0.3, 0.4) is 0 Å². The molecule has 5 heteroatoms. The van der Waals surface area contributed by atoms with E-state index in [1.54, 1.807) is 6.07 Å². The van der Waals surface area contributed by atoms with Crippen LogP contribution in [-0.4, -0.2) is 10.2 Å². The lowest BCUT2D eigenvalue weighted by Gasteiger charge is -2.32. The van der Waals surface area contributed by atoms with Crippen LogP contribution in [0.15, 0.2) is 66.7 Å². The van der Waals surface area contributed by atoms with Gasteiger partial charge in [-0.3, -0.25) is 0 Å². The van der Waals surface area contributed by atoms with Crippen LogP contribution in [0.1, 0.15) is 22.3 Å². The number of benzene rings is 3. The summed E-state index contributed by atoms with van der Waals surface area (Å²) in [7, 11) is 0. The molecule has 0 aliphatic heterocycles. The van der Waals surface area contributed by atoms with Gasteiger partial charge in [0.2, 0.25) is 0 Å². The van der Waals surface area contributed by atoms with Gasteiger partial charge in [0.25, 0.3) is 0 Å². The molecule has 0 fully saturated rings. The lowest BCUT2D eigenvalue weighted by Crippen LogP contribution is -2.30. The van der Waals surface area contributed by atoms with E-state index in [1.807, 2.05) is 0 Å². The summed E-state index contributed by atoms with van der Waals surface area (Å²) in [6.07, 6.45) is 0. The molecule has 0 atom stereocenters. The predicted molar refractivity (Wildman–Crippen MR) is 93.5 cm³/mol. The summed E-state index contributed by atoms with van der Waals surface area (Å²) in [6, 6.07) is 15.2. The van der Waals surface area contributed by atoms with Crippen molar-refractivity contribution in [2.45, 2.75) is 12.2 Å². The fraction of sp³-hybridized carbons (Fsp3) is 0.0952. The average Bonchev–Trinajstić information content (AvgIpc) is 2.68. The number of aliphatic hydroxyl groups is 2. The molecule has 3 aromatic carbocycles. The van der Waals surface area contributed by atoms with Crippen molar-refractivity contribution >= 4 is 5.69 Å². The summed E-state index contributed by atoms with van der Waals surface area (Å²) in [5.41, 5.74) is -0.0230. The zero-order valence-corrected chi connectivity index (χ0v) is 13.7. The van der Waals surface area contributed by atoms with Crippen molar-refractivity contribution < 1.29 is 19.0 Å². The van der Waals surface area contributed by atoms with Crippen molar-refractivity contribution in [1.29, 1.82) is 0 Å². The van der Waals surface area contributed by atoms with Gasteiger partial charge in [-0.05, 0) is 46.5 Å². The second kappa shape index (κ2) is 7.04. The Hall–Kier alpha value is -3.07. The minimum absolute atomic E-state index is 0.318. The molecule has 0 aliphatic rings. The molecule has 0 unspecified atom stereocenters. The Kier molecular flexibility index (Phi) is 4.81. The molecule has 26 heavy (non-hydrogen) atoms. The first-order valence-corrected chi connectivity index (χ1v) is 7.85. The van der Waals surface area contributed by atoms with Crippen LogP contribution in [0.25, 0.3) is 4.85 Å². The van der Waals surface area contributed by atoms with Gasteiger partial charge < -0.3 is 10.2 Å². The van der Waals surface area contributed by atoms with Gasteiger partial charge in [-0.15, -0.1) is 0 Å². The molecule has 0 aliphatic carbocycles. The second-order valence-electron chi connectivity index (χ2n) is 5.84. The van der Waals surface area contributed by atoms with E-state index in [4.69, 9.17) is 6.57 Å². The van der Waals surface area contributed by atoms with E-state index in [0.29, 0.717) is 27.9 Å². The number of aliphatic hydroxyl groups excluding tert-OH is 1. The minimum atomic E-state index is -1.75. The Balaban J connectivity index is 2.30. The average molecular weight is 351 g/mol. The summed E-state index contributed by atoms with van der Waals surface area (Å²) in [4.78, 5) is 3.33. The monoisotopic (exact) mass is 351 g/mol. The summed E-state index contributed by atoms with van der Waals surface area (Å²) < 4.78 is 26.7. The van der Waals surface area contributed by atoms with E-state index in [-0.39, 0.29) is 0 Å². The largest absolute Gasteiger partial charge is 0.392 e. The number of hydrogen-bond acceptors (Lipinski definition) is 2. The van der Waals surface area contributed by atoms with Crippen molar-refractivity contribution in [1.82, 2.24) is 0 Å². The first kappa shape index (κ1) is 17.7. The third-order valence-corrected chi connectivity index (χ3v) is 4.30. The van der Waals surface area contributed by atoms with E-state index in [1.165, 1.54) is 60.7 Å². The molecule has 0 aromatic heterocycles. The lowest BCUT2D eigenvalue weighted by molar-refractivity contribution is 0.122. The number of halogens is 2. The molecule has 0 heterocycles. The zero-order valence-electron chi connectivity index (χ0n) is 13.7. The van der Waals surface area contributed by atoms with Gasteiger partial charge >= 0.3 is 0 Å². The third kappa shape index (κ3) is 3.08. The summed E-state index contributed by atoms with van der Waals surface area (Å²) in [5, 5.41) is 21.4. The van der Waals surface area contributed by atoms with Gasteiger partial charge in [0.05, 0.1) is 13.2 Å². The van der Waals surface area contributed by atoms with Crippen LogP contribution >= 0.6 is 0 Å². The topological polar surface area (TPSA) is 44.8 Å². The van der Waals surface area contributed by atoms with Crippen LogP contribution in [0.4, 0.5) is 14.5 Å². The highest BCUT2D eigenvalue weighted by atomic mass is 19.1. The van der Waals surface area contributed by atoms with Gasteiger partial charge in [0, 0.05) is 0 Å². The van der Waals surface area contributed by atoms with Crippen molar-refractivity contribution in [3.05, 3.63) is 112 Å². The van der Waals surface area contributed by atoms with Gasteiger partial charge in [-0.1, -0.05) is 42.5 Å². The molecule has 130 valence electrons. The van der Waals surface area contributed by atoms with Crippen LogP contribution in [0, 0.1) is 18.2 Å². The van der Waals surface area contributed by atoms with Gasteiger partial charge in [0.15, 0.2) is 5.69 Å². The van der Waals surface area contributed by atoms with E-state index < -0.39 is 23.8 Å². The predicted octanol–water partition coefficient (Wildman–Crippen LogP) is 4.29. The highest BCUT2D eigenvalue weighted by Gasteiger charge is 2.35. The molecule has 3 rings (SSSR count). The maximum absolute atomic E-state index is 13.4. The first-order chi connectivity index (χ1) is 12.5. The van der Waals surface area contributed by atoms with E-state index in [2.05, 4.69) is 4.85 Å². The molecule has 0 bridgehead atoms. The lowest BCUT2D eigenvalue weighted by atomic mass is 9.78. The van der Waals surface area contributed by atoms with E-state index >= 15 is 0 Å². The molecule has 0 saturated carbocycles. The van der Waals surface area contributed by atoms with Crippen LogP contribution in [0.5, 0.6) is 0 Å². The smallest absolute Gasteiger partial charge is 0.187 e. The maximum atomic E-state index is 13.4. The van der Waals surface area contributed by atoms with Crippen molar-refractivity contribution in [2.75, 3.05) is 0 Å². The maximum Gasteiger partial charge on any atom is 0.187 e. The standard InChI is InChI=1S/C21H15F2NO2/c1-24-19-10-11-20(14(12-19)13-25)21(26,15-2-6-17(22)7-3-15)16-4-8-18(23)9-5-16/h2-12,25-26H,13H2. The summed E-state index contributed by atoms with van der Waals surface area (Å²) >= 11 is 0. The Bertz CT molecular complexity index is 915. The Morgan fingerprint density at radius 3 is 1.77 bits per heavy atom. The van der Waals surface area contributed by atoms with Crippen LogP contribution in [-0.2, 0) is 12.2 Å². The van der Waals surface area contributed by atoms with E-state index in [0.717, 1.165) is 0 Å². The highest BCUT2D eigenvalue weighted by molar-refractivity contribution is 5.56. The molecule has 3 aromatic rings. The van der Waals surface area contributed by atoms with Crippen molar-refractivity contribution in [3.8, 4) is 0 Å². The van der Waals surface area contributed by atoms with E-state index in [9.17, 15) is 19.0 Å². The Morgan fingerprint density at radius 1 is 0.846 bits per heavy atom. The fourth-order valence-electron chi connectivity index (χ4n) is 2.99. The van der Waals surface area contributed by atoms with Crippen LogP contribution < -0.4 is 0 Å². The number of rotatable bonds is 4. The number of hydrogen-bond donors (Lipinski definition) is 2. The Morgan fingerprint density at radius 2 is 1.35 bits per heavy atom. The third-order valence-electron chi connectivity index (χ3n) is 4.30. The Labute approximate surface area is 149 Å². The van der Waals surface area contributed by atoms with Crippen molar-refractivity contribution in [2.24, 2.45) is 0 Å². The minimum Gasteiger partial charge on any atom is -0.392 e. The second-order valence-corrected chi connectivity index (χ2v) is 5.84. The summed E-state index contributed by atoms with van der Waals surface area (Å²) in [6.45, 7) is 6.72. The SMILES string of the molecule is [C-]#[N+]c1ccc(C(O)(c2ccc(F)cc2)c2ccc(F)cc2)c(CO)c1. The highest BCUT2D eigenvalue weighted by Crippen LogP contribution is 2.39. The quantitative estimate of drug-likeness (QED) is 0.544.